The summed E-state index contributed by atoms with van der Waals surface area (Å²) in [7, 11) is 0. The van der Waals surface area contributed by atoms with E-state index < -0.39 is 18.8 Å². The van der Waals surface area contributed by atoms with E-state index in [0.29, 0.717) is 0 Å². The molecule has 0 radical (unpaired) electrons. The second-order valence-corrected chi connectivity index (χ2v) is 3.10. The molecule has 1 aromatic rings. The molecule has 0 aromatic heterocycles. The minimum atomic E-state index is -1.10. The van der Waals surface area contributed by atoms with Crippen LogP contribution in [-0.4, -0.2) is 29.0 Å². The lowest BCUT2D eigenvalue weighted by Crippen LogP contribution is -2.37. The van der Waals surface area contributed by atoms with Gasteiger partial charge in [-0.1, -0.05) is 12.1 Å². The van der Waals surface area contributed by atoms with Crippen molar-refractivity contribution in [3.63, 3.8) is 0 Å². The maximum Gasteiger partial charge on any atom is 0.321 e. The smallest absolute Gasteiger partial charge is 0.321 e. The van der Waals surface area contributed by atoms with Crippen LogP contribution in [0.15, 0.2) is 24.3 Å². The summed E-state index contributed by atoms with van der Waals surface area (Å²) < 4.78 is 12.0. The zero-order chi connectivity index (χ0) is 11.3. The van der Waals surface area contributed by atoms with Crippen molar-refractivity contribution in [3.05, 3.63) is 29.8 Å². The zero-order valence-corrected chi connectivity index (χ0v) is 7.98. The average Bonchev–Trinajstić information content (AvgIpc) is 2.20. The van der Waals surface area contributed by atoms with E-state index in [9.17, 15) is 9.18 Å². The molecule has 0 bridgehead atoms. The number of carbonyl (C=O) groups is 1. The molecular formula is C10H12FNO3. The van der Waals surface area contributed by atoms with Gasteiger partial charge in [-0.3, -0.25) is 10.1 Å². The van der Waals surface area contributed by atoms with Crippen molar-refractivity contribution < 1.29 is 19.4 Å². The first kappa shape index (κ1) is 11.5. The number of rotatable bonds is 5. The van der Waals surface area contributed by atoms with Crippen LogP contribution in [0.2, 0.25) is 0 Å². The SMILES string of the molecule is O=C(O)[C@H](Cc1ccc(O)cc1)NC[18F]. The molecule has 0 amide bonds. The molecule has 0 aliphatic rings. The summed E-state index contributed by atoms with van der Waals surface area (Å²) >= 11 is 0. The molecule has 82 valence electrons. The highest BCUT2D eigenvalue weighted by Crippen LogP contribution is 2.11. The quantitative estimate of drug-likeness (QED) is 0.634. The molecule has 5 heteroatoms. The van der Waals surface area contributed by atoms with Crippen molar-refractivity contribution in [2.24, 2.45) is 0 Å². The minimum absolute atomic E-state index is 0.115. The van der Waals surface area contributed by atoms with E-state index in [1.54, 1.807) is 12.1 Å². The van der Waals surface area contributed by atoms with Gasteiger partial charge in [-0.25, -0.2) is 4.39 Å². The molecule has 1 aromatic carbocycles. The number of aliphatic carboxylic acids is 1. The van der Waals surface area contributed by atoms with Crippen LogP contribution in [0.25, 0.3) is 0 Å². The van der Waals surface area contributed by atoms with Crippen LogP contribution in [0.5, 0.6) is 5.75 Å². The van der Waals surface area contributed by atoms with E-state index in [1.165, 1.54) is 12.1 Å². The molecule has 4 nitrogen and oxygen atoms in total. The van der Waals surface area contributed by atoms with Gasteiger partial charge in [0.1, 0.15) is 18.6 Å². The van der Waals surface area contributed by atoms with Gasteiger partial charge in [-0.2, -0.15) is 0 Å². The van der Waals surface area contributed by atoms with Gasteiger partial charge in [0.2, 0.25) is 0 Å². The fraction of sp³-hybridized carbons (Fsp3) is 0.300. The van der Waals surface area contributed by atoms with Crippen molar-refractivity contribution in [1.29, 1.82) is 0 Å². The van der Waals surface area contributed by atoms with Crippen LogP contribution in [0, 0.1) is 0 Å². The number of nitrogens with one attached hydrogen (secondary N) is 1. The molecule has 0 spiro atoms. The van der Waals surface area contributed by atoms with Crippen molar-refractivity contribution >= 4 is 5.97 Å². The molecular weight excluding hydrogens is 200 g/mol. The Morgan fingerprint density at radius 2 is 2.00 bits per heavy atom. The van der Waals surface area contributed by atoms with E-state index in [2.05, 4.69) is 5.32 Å². The highest BCUT2D eigenvalue weighted by atomic mass is 18.2. The zero-order valence-electron chi connectivity index (χ0n) is 7.98. The van der Waals surface area contributed by atoms with Crippen LogP contribution in [0.3, 0.4) is 0 Å². The Hall–Kier alpha value is -1.62. The van der Waals surface area contributed by atoms with Crippen LogP contribution in [0.1, 0.15) is 5.56 Å². The van der Waals surface area contributed by atoms with Gasteiger partial charge in [0.15, 0.2) is 0 Å². The number of hydrogen-bond donors (Lipinski definition) is 3. The van der Waals surface area contributed by atoms with Crippen molar-refractivity contribution in [2.45, 2.75) is 12.5 Å². The van der Waals surface area contributed by atoms with Gasteiger partial charge >= 0.3 is 5.97 Å². The topological polar surface area (TPSA) is 69.6 Å². The Kier molecular flexibility index (Phi) is 4.05. The first-order chi connectivity index (χ1) is 7.13. The summed E-state index contributed by atoms with van der Waals surface area (Å²) in [6, 6.07) is 5.18. The van der Waals surface area contributed by atoms with E-state index >= 15 is 0 Å². The van der Waals surface area contributed by atoms with E-state index in [4.69, 9.17) is 10.2 Å². The number of halogens is 1. The maximum absolute atomic E-state index is 12.0. The van der Waals surface area contributed by atoms with Gasteiger partial charge < -0.3 is 10.2 Å². The first-order valence-electron chi connectivity index (χ1n) is 4.43. The summed E-state index contributed by atoms with van der Waals surface area (Å²) in [6.07, 6.45) is 0.180. The average molecular weight is 212 g/mol. The number of phenolic OH excluding ortho intramolecular Hbond substituents is 1. The van der Waals surface area contributed by atoms with Crippen molar-refractivity contribution in [1.82, 2.24) is 5.32 Å². The molecule has 0 saturated carbocycles. The molecule has 0 aliphatic heterocycles. The highest BCUT2D eigenvalue weighted by molar-refractivity contribution is 5.73. The molecule has 15 heavy (non-hydrogen) atoms. The third-order valence-electron chi connectivity index (χ3n) is 2.00. The van der Waals surface area contributed by atoms with Gasteiger partial charge in [0, 0.05) is 0 Å². The highest BCUT2D eigenvalue weighted by Gasteiger charge is 2.16. The molecule has 0 aliphatic carbocycles. The summed E-state index contributed by atoms with van der Waals surface area (Å²) in [6.45, 7) is -0.880. The Balaban J connectivity index is 2.65. The Labute approximate surface area is 86.4 Å². The van der Waals surface area contributed by atoms with Gasteiger partial charge in [-0.05, 0) is 24.1 Å². The normalized spacial score (nSPS) is 12.3. The summed E-state index contributed by atoms with van der Waals surface area (Å²) in [5.74, 6) is -0.982. The Bertz CT molecular complexity index is 326. The summed E-state index contributed by atoms with van der Waals surface area (Å²) in [4.78, 5) is 10.7. The van der Waals surface area contributed by atoms with Gasteiger partial charge in [0.25, 0.3) is 0 Å². The molecule has 0 saturated heterocycles. The predicted molar refractivity (Wildman–Crippen MR) is 52.3 cm³/mol. The number of carboxylic acid groups (broad SMARTS) is 1. The number of aromatic hydroxyl groups is 1. The molecule has 1 atom stereocenters. The molecule has 1 rings (SSSR count). The van der Waals surface area contributed by atoms with E-state index in [-0.39, 0.29) is 12.2 Å². The maximum atomic E-state index is 12.0. The fourth-order valence-corrected chi connectivity index (χ4v) is 1.21. The monoisotopic (exact) mass is 212 g/mol. The second kappa shape index (κ2) is 5.31. The van der Waals surface area contributed by atoms with Crippen LogP contribution in [0.4, 0.5) is 4.39 Å². The minimum Gasteiger partial charge on any atom is -0.508 e. The summed E-state index contributed by atoms with van der Waals surface area (Å²) in [5.41, 5.74) is 0.723. The molecule has 3 N–H and O–H groups in total. The molecule has 0 unspecified atom stereocenters. The third-order valence-corrected chi connectivity index (χ3v) is 2.00. The number of benzene rings is 1. The predicted octanol–water partition coefficient (Wildman–Crippen LogP) is 0.905. The number of hydrogen-bond acceptors (Lipinski definition) is 3. The standard InChI is InChI=1S/C10H12FNO3/c11-6-12-9(10(14)15)5-7-1-3-8(13)4-2-7/h1-4,9,12-13H,5-6H2,(H,14,15)/t9-/m0/s1/i11-1. The number of carboxylic acids is 1. The van der Waals surface area contributed by atoms with Crippen LogP contribution >= 0.6 is 0 Å². The van der Waals surface area contributed by atoms with Gasteiger partial charge in [-0.15, -0.1) is 0 Å². The third kappa shape index (κ3) is 3.55. The first-order valence-corrected chi connectivity index (χ1v) is 4.43. The molecule has 0 fully saturated rings. The van der Waals surface area contributed by atoms with Crippen molar-refractivity contribution in [3.8, 4) is 5.75 Å². The Morgan fingerprint density at radius 1 is 1.40 bits per heavy atom. The van der Waals surface area contributed by atoms with Gasteiger partial charge in [0.05, 0.1) is 0 Å². The van der Waals surface area contributed by atoms with E-state index in [0.717, 1.165) is 5.56 Å². The largest absolute Gasteiger partial charge is 0.508 e. The van der Waals surface area contributed by atoms with Crippen LogP contribution < -0.4 is 5.32 Å². The summed E-state index contributed by atoms with van der Waals surface area (Å²) in [5, 5.41) is 20.0. The number of alkyl halides is 1. The second-order valence-electron chi connectivity index (χ2n) is 3.10. The van der Waals surface area contributed by atoms with E-state index in [1.807, 2.05) is 0 Å². The number of phenols is 1. The lowest BCUT2D eigenvalue weighted by molar-refractivity contribution is -0.139. The lowest BCUT2D eigenvalue weighted by atomic mass is 10.1. The lowest BCUT2D eigenvalue weighted by Gasteiger charge is -2.11. The Morgan fingerprint density at radius 3 is 2.47 bits per heavy atom. The van der Waals surface area contributed by atoms with Crippen LogP contribution in [-0.2, 0) is 11.2 Å². The fourth-order valence-electron chi connectivity index (χ4n) is 1.21. The van der Waals surface area contributed by atoms with Crippen molar-refractivity contribution in [2.75, 3.05) is 6.80 Å². The molecule has 0 heterocycles.